The molecular weight excluding hydrogens is 388 g/mol. The van der Waals surface area contributed by atoms with Crippen molar-refractivity contribution in [1.29, 1.82) is 5.26 Å². The van der Waals surface area contributed by atoms with Gasteiger partial charge in [-0.25, -0.2) is 0 Å². The molecule has 2 aromatic heterocycles. The second kappa shape index (κ2) is 8.53. The highest BCUT2D eigenvalue weighted by atomic mass is 32.1. The van der Waals surface area contributed by atoms with Gasteiger partial charge >= 0.3 is 0 Å². The van der Waals surface area contributed by atoms with Crippen LogP contribution in [-0.2, 0) is 0 Å². The molecule has 10 heteroatoms. The van der Waals surface area contributed by atoms with Gasteiger partial charge in [-0.3, -0.25) is 4.79 Å². The standard InChI is InChI=1S/C19H18N8OS/c20-12-14(18-22-24-25-23-18)13-21-15-3-5-16(6-4-15)26-7-9-27(10-8-26)19(28)17-2-1-11-29-17/h1-6,11,13,21H,7-10H2,(H,22,23,24,25). The summed E-state index contributed by atoms with van der Waals surface area (Å²) >= 11 is 1.48. The Morgan fingerprint density at radius 3 is 2.62 bits per heavy atom. The van der Waals surface area contributed by atoms with E-state index in [1.807, 2.05) is 52.7 Å². The minimum Gasteiger partial charge on any atom is -0.368 e. The maximum atomic E-state index is 12.5. The quantitative estimate of drug-likeness (QED) is 0.624. The molecule has 0 unspecified atom stereocenters. The molecule has 0 saturated carbocycles. The topological polar surface area (TPSA) is 114 Å². The summed E-state index contributed by atoms with van der Waals surface area (Å²) in [6.45, 7) is 2.99. The molecule has 29 heavy (non-hydrogen) atoms. The SMILES string of the molecule is N#CC(=CNc1ccc(N2CCN(C(=O)c3cccs3)CC2)cc1)c1nn[nH]n1. The van der Waals surface area contributed by atoms with Crippen LogP contribution in [0.25, 0.3) is 5.57 Å². The van der Waals surface area contributed by atoms with E-state index >= 15 is 0 Å². The number of carbonyl (C=O) groups is 1. The molecule has 0 spiro atoms. The highest BCUT2D eigenvalue weighted by Gasteiger charge is 2.22. The molecule has 3 heterocycles. The van der Waals surface area contributed by atoms with E-state index in [1.54, 1.807) is 6.20 Å². The Morgan fingerprint density at radius 2 is 2.00 bits per heavy atom. The van der Waals surface area contributed by atoms with Gasteiger partial charge in [-0.2, -0.15) is 10.5 Å². The molecule has 0 radical (unpaired) electrons. The number of anilines is 2. The van der Waals surface area contributed by atoms with Crippen molar-refractivity contribution >= 4 is 34.2 Å². The Morgan fingerprint density at radius 1 is 1.21 bits per heavy atom. The number of nitrogens with zero attached hydrogens (tertiary/aromatic N) is 6. The van der Waals surface area contributed by atoms with Gasteiger partial charge in [0.05, 0.1) is 4.88 Å². The number of nitrogens with one attached hydrogen (secondary N) is 2. The number of hydrogen-bond acceptors (Lipinski definition) is 8. The van der Waals surface area contributed by atoms with E-state index in [0.29, 0.717) is 13.1 Å². The number of carbonyl (C=O) groups excluding carboxylic acids is 1. The van der Waals surface area contributed by atoms with E-state index in [4.69, 9.17) is 0 Å². The van der Waals surface area contributed by atoms with E-state index in [0.717, 1.165) is 29.3 Å². The molecule has 2 N–H and O–H groups in total. The van der Waals surface area contributed by atoms with Crippen molar-refractivity contribution in [3.8, 4) is 6.07 Å². The van der Waals surface area contributed by atoms with E-state index in [1.165, 1.54) is 11.3 Å². The molecule has 1 amide bonds. The number of aromatic nitrogens is 4. The number of allylic oxidation sites excluding steroid dienone is 1. The predicted molar refractivity (Wildman–Crippen MR) is 110 cm³/mol. The first-order valence-corrected chi connectivity index (χ1v) is 9.91. The lowest BCUT2D eigenvalue weighted by Crippen LogP contribution is -2.48. The van der Waals surface area contributed by atoms with E-state index in [-0.39, 0.29) is 17.3 Å². The molecule has 1 saturated heterocycles. The van der Waals surface area contributed by atoms with Crippen LogP contribution in [0.1, 0.15) is 15.5 Å². The predicted octanol–water partition coefficient (Wildman–Crippen LogP) is 2.20. The highest BCUT2D eigenvalue weighted by Crippen LogP contribution is 2.21. The summed E-state index contributed by atoms with van der Waals surface area (Å²) in [7, 11) is 0. The van der Waals surface area contributed by atoms with Crippen molar-refractivity contribution < 1.29 is 4.79 Å². The average Bonchev–Trinajstić information content (AvgIpc) is 3.49. The molecule has 0 aliphatic carbocycles. The number of H-pyrrole nitrogens is 1. The molecule has 0 atom stereocenters. The molecule has 1 fully saturated rings. The number of nitriles is 1. The van der Waals surface area contributed by atoms with Crippen LogP contribution in [0.4, 0.5) is 11.4 Å². The second-order valence-corrected chi connectivity index (χ2v) is 7.30. The minimum absolute atomic E-state index is 0.112. The molecule has 1 aliphatic heterocycles. The molecule has 4 rings (SSSR count). The van der Waals surface area contributed by atoms with Crippen molar-refractivity contribution in [2.75, 3.05) is 36.4 Å². The Labute approximate surface area is 171 Å². The summed E-state index contributed by atoms with van der Waals surface area (Å²) in [5.41, 5.74) is 2.23. The summed E-state index contributed by atoms with van der Waals surface area (Å²) in [5.74, 6) is 0.354. The number of benzene rings is 1. The smallest absolute Gasteiger partial charge is 0.264 e. The number of tetrazole rings is 1. The largest absolute Gasteiger partial charge is 0.368 e. The maximum Gasteiger partial charge on any atom is 0.264 e. The molecule has 0 bridgehead atoms. The van der Waals surface area contributed by atoms with Gasteiger partial charge in [0.15, 0.2) is 0 Å². The van der Waals surface area contributed by atoms with Crippen molar-refractivity contribution in [3.63, 3.8) is 0 Å². The first kappa shape index (κ1) is 18.6. The van der Waals surface area contributed by atoms with Gasteiger partial charge in [0.25, 0.3) is 5.91 Å². The van der Waals surface area contributed by atoms with Crippen molar-refractivity contribution in [2.45, 2.75) is 0 Å². The van der Waals surface area contributed by atoms with Gasteiger partial charge in [0, 0.05) is 43.8 Å². The zero-order valence-corrected chi connectivity index (χ0v) is 16.3. The average molecular weight is 406 g/mol. The minimum atomic E-state index is 0.112. The van der Waals surface area contributed by atoms with Crippen LogP contribution in [-0.4, -0.2) is 57.6 Å². The van der Waals surface area contributed by atoms with Gasteiger partial charge < -0.3 is 15.1 Å². The number of hydrogen-bond donors (Lipinski definition) is 2. The van der Waals surface area contributed by atoms with E-state index < -0.39 is 0 Å². The molecule has 1 aromatic carbocycles. The molecular formula is C19H18N8OS. The number of rotatable bonds is 5. The fourth-order valence-electron chi connectivity index (χ4n) is 3.07. The van der Waals surface area contributed by atoms with E-state index in [9.17, 15) is 10.1 Å². The summed E-state index contributed by atoms with van der Waals surface area (Å²) < 4.78 is 0. The summed E-state index contributed by atoms with van der Waals surface area (Å²) in [5, 5.41) is 27.6. The van der Waals surface area contributed by atoms with Crippen LogP contribution in [0.3, 0.4) is 0 Å². The van der Waals surface area contributed by atoms with Crippen molar-refractivity contribution in [1.82, 2.24) is 25.5 Å². The fraction of sp³-hybridized carbons (Fsp3) is 0.211. The molecule has 9 nitrogen and oxygen atoms in total. The third-order valence-corrected chi connectivity index (χ3v) is 5.48. The Kier molecular flexibility index (Phi) is 5.49. The van der Waals surface area contributed by atoms with Crippen LogP contribution >= 0.6 is 11.3 Å². The van der Waals surface area contributed by atoms with Crippen molar-refractivity contribution in [3.05, 3.63) is 58.7 Å². The number of amides is 1. The fourth-order valence-corrected chi connectivity index (χ4v) is 3.76. The zero-order chi connectivity index (χ0) is 20.1. The van der Waals surface area contributed by atoms with Crippen LogP contribution in [0.2, 0.25) is 0 Å². The van der Waals surface area contributed by atoms with Crippen LogP contribution < -0.4 is 10.2 Å². The van der Waals surface area contributed by atoms with Gasteiger partial charge in [-0.1, -0.05) is 6.07 Å². The van der Waals surface area contributed by atoms with Crippen LogP contribution in [0.5, 0.6) is 0 Å². The lowest BCUT2D eigenvalue weighted by molar-refractivity contribution is 0.0751. The van der Waals surface area contributed by atoms with Crippen molar-refractivity contribution in [2.24, 2.45) is 0 Å². The molecule has 146 valence electrons. The molecule has 1 aliphatic rings. The Hall–Kier alpha value is -3.71. The monoisotopic (exact) mass is 406 g/mol. The third kappa shape index (κ3) is 4.25. The number of aromatic amines is 1. The number of thiophene rings is 1. The second-order valence-electron chi connectivity index (χ2n) is 6.35. The molecule has 3 aromatic rings. The Bertz CT molecular complexity index is 1010. The van der Waals surface area contributed by atoms with Gasteiger partial charge in [0.1, 0.15) is 11.6 Å². The van der Waals surface area contributed by atoms with Crippen LogP contribution in [0.15, 0.2) is 48.0 Å². The first-order valence-electron chi connectivity index (χ1n) is 9.03. The van der Waals surface area contributed by atoms with E-state index in [2.05, 4.69) is 30.8 Å². The lowest BCUT2D eigenvalue weighted by Gasteiger charge is -2.36. The van der Waals surface area contributed by atoms with Gasteiger partial charge in [-0.15, -0.1) is 21.5 Å². The normalized spacial score (nSPS) is 14.5. The summed E-state index contributed by atoms with van der Waals surface area (Å²) in [6, 6.07) is 13.7. The third-order valence-electron chi connectivity index (χ3n) is 4.62. The maximum absolute atomic E-state index is 12.5. The first-order chi connectivity index (χ1) is 14.2. The van der Waals surface area contributed by atoms with Gasteiger partial charge in [-0.05, 0) is 40.9 Å². The Balaban J connectivity index is 1.34. The lowest BCUT2D eigenvalue weighted by atomic mass is 10.2. The van der Waals surface area contributed by atoms with Gasteiger partial charge in [0.2, 0.25) is 5.82 Å². The highest BCUT2D eigenvalue weighted by molar-refractivity contribution is 7.12. The zero-order valence-electron chi connectivity index (χ0n) is 15.4. The number of piperazine rings is 1. The van der Waals surface area contributed by atoms with Crippen LogP contribution in [0, 0.1) is 11.3 Å². The summed E-state index contributed by atoms with van der Waals surface area (Å²) in [6.07, 6.45) is 1.55. The summed E-state index contributed by atoms with van der Waals surface area (Å²) in [4.78, 5) is 17.4.